The zero-order valence-corrected chi connectivity index (χ0v) is 38.7. The molecule has 0 aliphatic carbocycles. The summed E-state index contributed by atoms with van der Waals surface area (Å²) in [6.07, 6.45) is 8.89. The van der Waals surface area contributed by atoms with Gasteiger partial charge in [0, 0.05) is 67.6 Å². The SMILES string of the molecule is CCCCCCc1ncc(-c2ccc(C(=O)N[C@@H](CCN)C(=O)N(C)[C@@H]3C(=O)N[C@@H](C)C(=O)N[C@H](C(=O)NCC#N)Cc4ccc(OCCN)c(c4)-c4cc3ccc4OCCN)c(C)c2)cn1. The van der Waals surface area contributed by atoms with Crippen molar-refractivity contribution >= 4 is 29.5 Å². The Morgan fingerprint density at radius 2 is 1.57 bits per heavy atom. The molecule has 4 bridgehead atoms. The number of amides is 5. The van der Waals surface area contributed by atoms with Crippen LogP contribution in [0.5, 0.6) is 11.5 Å². The van der Waals surface area contributed by atoms with Crippen molar-refractivity contribution in [2.45, 2.75) is 89.9 Å². The zero-order chi connectivity index (χ0) is 48.5. The van der Waals surface area contributed by atoms with E-state index in [0.29, 0.717) is 44.9 Å². The Bertz CT molecular complexity index is 2410. The molecule has 4 atom stereocenters. The fourth-order valence-corrected chi connectivity index (χ4v) is 7.81. The number of aryl methyl sites for hydroxylation is 2. The van der Waals surface area contributed by atoms with E-state index in [9.17, 15) is 29.2 Å². The van der Waals surface area contributed by atoms with Gasteiger partial charge >= 0.3 is 0 Å². The molecule has 0 fully saturated rings. The third-order valence-corrected chi connectivity index (χ3v) is 11.4. The van der Waals surface area contributed by atoms with E-state index in [2.05, 4.69) is 38.2 Å². The molecule has 1 aliphatic heterocycles. The largest absolute Gasteiger partial charge is 0.492 e. The number of hydrogen-bond donors (Lipinski definition) is 7. The van der Waals surface area contributed by atoms with Crippen molar-refractivity contribution in [3.63, 3.8) is 0 Å². The van der Waals surface area contributed by atoms with Gasteiger partial charge in [0.15, 0.2) is 0 Å². The van der Waals surface area contributed by atoms with Crippen LogP contribution >= 0.6 is 0 Å². The van der Waals surface area contributed by atoms with Gasteiger partial charge in [-0.3, -0.25) is 24.0 Å². The molecule has 18 nitrogen and oxygen atoms in total. The van der Waals surface area contributed by atoms with Crippen molar-refractivity contribution in [3.8, 4) is 39.8 Å². The Hall–Kier alpha value is -6.94. The number of fused-ring (bicyclic) bond motifs is 5. The molecular formula is C49H63N11O7. The normalized spacial score (nSPS) is 16.3. The molecule has 0 saturated heterocycles. The van der Waals surface area contributed by atoms with Gasteiger partial charge < -0.3 is 52.8 Å². The highest BCUT2D eigenvalue weighted by Crippen LogP contribution is 2.40. The van der Waals surface area contributed by atoms with Gasteiger partial charge in [-0.1, -0.05) is 50.5 Å². The highest BCUT2D eigenvalue weighted by molar-refractivity contribution is 6.00. The molecule has 18 heteroatoms. The average Bonchev–Trinajstić information content (AvgIpc) is 3.32. The lowest BCUT2D eigenvalue weighted by atomic mass is 9.93. The Morgan fingerprint density at radius 1 is 0.881 bits per heavy atom. The molecule has 2 heterocycles. The van der Waals surface area contributed by atoms with E-state index in [-0.39, 0.29) is 52.2 Å². The predicted molar refractivity (Wildman–Crippen MR) is 253 cm³/mol. The second-order valence-corrected chi connectivity index (χ2v) is 16.4. The first-order valence-electron chi connectivity index (χ1n) is 22.7. The van der Waals surface area contributed by atoms with Gasteiger partial charge in [0.05, 0.1) is 6.07 Å². The van der Waals surface area contributed by atoms with E-state index < -0.39 is 53.7 Å². The van der Waals surface area contributed by atoms with Crippen LogP contribution in [0.25, 0.3) is 22.3 Å². The number of rotatable bonds is 20. The van der Waals surface area contributed by atoms with Gasteiger partial charge in [0.25, 0.3) is 5.91 Å². The molecule has 0 saturated carbocycles. The standard InChI is InChI=1S/C49H63N11O7/c1-5-6-7-8-9-43-55-28-35(29-56-43)33-11-13-36(30(2)24-33)46(62)58-39(16-17-50)49(65)60(4)44-34-12-15-42(67-23-20-53)38(27-34)37-25-32(10-14-41(37)66-22-19-52)26-40(47(63)54-21-18-51)59-45(61)31(3)57-48(44)64/h10-15,24-25,27-29,31,39-40,44H,5-9,16-17,19-23,26,50,52-53H2,1-4H3,(H,54,63)(H,57,64)(H,58,62)(H,59,61)/t31-,39-,40-,44-/m0/s1. The number of ether oxygens (including phenoxy) is 2. The monoisotopic (exact) mass is 917 g/mol. The minimum Gasteiger partial charge on any atom is -0.492 e. The summed E-state index contributed by atoms with van der Waals surface area (Å²) in [6.45, 7) is 5.82. The van der Waals surface area contributed by atoms with Crippen molar-refractivity contribution in [1.29, 1.82) is 5.26 Å². The van der Waals surface area contributed by atoms with E-state index in [1.54, 1.807) is 67.8 Å². The number of nitrogens with zero attached hydrogens (tertiary/aromatic N) is 4. The minimum absolute atomic E-state index is 0.00631. The summed E-state index contributed by atoms with van der Waals surface area (Å²) in [5.41, 5.74) is 22.2. The van der Waals surface area contributed by atoms with Gasteiger partial charge in [-0.2, -0.15) is 5.26 Å². The molecule has 67 heavy (non-hydrogen) atoms. The number of nitriles is 1. The highest BCUT2D eigenvalue weighted by atomic mass is 16.5. The molecule has 5 rings (SSSR count). The van der Waals surface area contributed by atoms with E-state index in [1.807, 2.05) is 12.1 Å². The van der Waals surface area contributed by atoms with E-state index in [1.165, 1.54) is 25.3 Å². The summed E-state index contributed by atoms with van der Waals surface area (Å²) in [5.74, 6) is -1.64. The molecule has 1 aliphatic rings. The van der Waals surface area contributed by atoms with Crippen molar-refractivity contribution in [2.75, 3.05) is 46.4 Å². The maximum absolute atomic E-state index is 14.7. The van der Waals surface area contributed by atoms with Crippen LogP contribution in [-0.2, 0) is 32.0 Å². The fourth-order valence-electron chi connectivity index (χ4n) is 7.81. The number of likely N-dealkylation sites (N-methyl/N-ethyl adjacent to an activating group) is 1. The topological polar surface area (TPSA) is 283 Å². The molecule has 356 valence electrons. The van der Waals surface area contributed by atoms with Crippen LogP contribution in [0.4, 0.5) is 0 Å². The fraction of sp³-hybridized carbons (Fsp3) is 0.429. The van der Waals surface area contributed by atoms with E-state index >= 15 is 0 Å². The van der Waals surface area contributed by atoms with Crippen LogP contribution < -0.4 is 47.9 Å². The first-order valence-corrected chi connectivity index (χ1v) is 22.7. The summed E-state index contributed by atoms with van der Waals surface area (Å²) >= 11 is 0. The molecule has 4 aromatic rings. The molecular weight excluding hydrogens is 855 g/mol. The van der Waals surface area contributed by atoms with Crippen LogP contribution in [0.15, 0.2) is 67.0 Å². The van der Waals surface area contributed by atoms with Crippen molar-refractivity contribution in [1.82, 2.24) is 36.1 Å². The van der Waals surface area contributed by atoms with Crippen molar-refractivity contribution in [2.24, 2.45) is 17.2 Å². The first-order chi connectivity index (χ1) is 32.3. The number of hydrogen-bond acceptors (Lipinski definition) is 13. The Morgan fingerprint density at radius 3 is 2.21 bits per heavy atom. The van der Waals surface area contributed by atoms with Crippen LogP contribution in [0.1, 0.15) is 84.9 Å². The first kappa shape index (κ1) is 51.1. The number of benzene rings is 3. The second kappa shape index (κ2) is 25.1. The van der Waals surface area contributed by atoms with Gasteiger partial charge in [0.1, 0.15) is 61.2 Å². The van der Waals surface area contributed by atoms with Gasteiger partial charge in [0.2, 0.25) is 23.6 Å². The van der Waals surface area contributed by atoms with Gasteiger partial charge in [-0.05, 0) is 85.8 Å². The zero-order valence-electron chi connectivity index (χ0n) is 38.7. The highest BCUT2D eigenvalue weighted by Gasteiger charge is 2.36. The molecule has 0 unspecified atom stereocenters. The lowest BCUT2D eigenvalue weighted by molar-refractivity contribution is -0.141. The van der Waals surface area contributed by atoms with E-state index in [4.69, 9.17) is 26.7 Å². The number of carbonyl (C=O) groups excluding carboxylic acids is 5. The Labute approximate surface area is 391 Å². The number of nitrogens with one attached hydrogen (secondary N) is 4. The lowest BCUT2D eigenvalue weighted by Crippen LogP contribution is -2.56. The second-order valence-electron chi connectivity index (χ2n) is 16.4. The number of nitrogens with two attached hydrogens (primary N) is 3. The summed E-state index contributed by atoms with van der Waals surface area (Å²) in [6, 6.07) is 12.5. The molecule has 0 spiro atoms. The van der Waals surface area contributed by atoms with Gasteiger partial charge in [-0.25, -0.2) is 9.97 Å². The quantitative estimate of drug-likeness (QED) is 0.0497. The van der Waals surface area contributed by atoms with Crippen molar-refractivity contribution in [3.05, 3.63) is 95.1 Å². The van der Waals surface area contributed by atoms with Gasteiger partial charge in [-0.15, -0.1) is 0 Å². The number of aromatic nitrogens is 2. The predicted octanol–water partition coefficient (Wildman–Crippen LogP) is 2.75. The Kier molecular flexibility index (Phi) is 19.1. The third kappa shape index (κ3) is 13.6. The summed E-state index contributed by atoms with van der Waals surface area (Å²) in [5, 5.41) is 20.0. The maximum atomic E-state index is 14.7. The lowest BCUT2D eigenvalue weighted by Gasteiger charge is -2.32. The molecule has 0 radical (unpaired) electrons. The Balaban J connectivity index is 1.51. The summed E-state index contributed by atoms with van der Waals surface area (Å²) in [7, 11) is 1.43. The van der Waals surface area contributed by atoms with Crippen LogP contribution in [0.3, 0.4) is 0 Å². The van der Waals surface area contributed by atoms with E-state index in [0.717, 1.165) is 42.6 Å². The van der Waals surface area contributed by atoms with Crippen molar-refractivity contribution < 1.29 is 33.4 Å². The number of unbranched alkanes of at least 4 members (excludes halogenated alkanes) is 3. The molecule has 10 N–H and O–H groups in total. The average molecular weight is 918 g/mol. The van der Waals surface area contributed by atoms with Crippen LogP contribution in [-0.4, -0.2) is 109 Å². The number of carbonyl (C=O) groups is 5. The summed E-state index contributed by atoms with van der Waals surface area (Å²) in [4.78, 5) is 80.6. The maximum Gasteiger partial charge on any atom is 0.252 e. The smallest absolute Gasteiger partial charge is 0.252 e. The molecule has 3 aromatic carbocycles. The summed E-state index contributed by atoms with van der Waals surface area (Å²) < 4.78 is 12.2. The molecule has 5 amide bonds. The minimum atomic E-state index is -1.39. The molecule has 1 aromatic heterocycles. The van der Waals surface area contributed by atoms with Crippen LogP contribution in [0, 0.1) is 18.3 Å². The third-order valence-electron chi connectivity index (χ3n) is 11.4. The van der Waals surface area contributed by atoms with Crippen LogP contribution in [0.2, 0.25) is 0 Å².